The zero-order chi connectivity index (χ0) is 25.7. The third-order valence-electron chi connectivity index (χ3n) is 7.09. The molecule has 0 bridgehead atoms. The summed E-state index contributed by atoms with van der Waals surface area (Å²) in [4.78, 5) is 72.6. The molecule has 1 fully saturated rings. The van der Waals surface area contributed by atoms with Gasteiger partial charge in [0, 0.05) is 35.1 Å². The van der Waals surface area contributed by atoms with Crippen LogP contribution in [0.3, 0.4) is 0 Å². The van der Waals surface area contributed by atoms with E-state index in [1.807, 2.05) is 0 Å². The van der Waals surface area contributed by atoms with Gasteiger partial charge in [0.2, 0.25) is 0 Å². The summed E-state index contributed by atoms with van der Waals surface area (Å²) in [6, 6.07) is 12.9. The van der Waals surface area contributed by atoms with Crippen LogP contribution < -0.4 is 0 Å². The van der Waals surface area contributed by atoms with Gasteiger partial charge in [0.15, 0.2) is 23.1 Å². The average molecular weight is 501 g/mol. The van der Waals surface area contributed by atoms with Crippen molar-refractivity contribution in [2.24, 2.45) is 23.7 Å². The van der Waals surface area contributed by atoms with Crippen molar-refractivity contribution in [1.82, 2.24) is 0 Å². The second-order valence-electron chi connectivity index (χ2n) is 9.07. The Hall–Kier alpha value is -4.46. The first-order valence-corrected chi connectivity index (χ1v) is 11.4. The van der Waals surface area contributed by atoms with Gasteiger partial charge in [-0.05, 0) is 12.2 Å². The third kappa shape index (κ3) is 3.94. The maximum Gasteiger partial charge on any atom is 0.175 e. The molecule has 8 nitrogen and oxygen atoms in total. The lowest BCUT2D eigenvalue weighted by molar-refractivity contribution is -0.134. The standard InChI is InChI=1S/2C14H10O4.CH4/c2*15-9-5-6-10(16)12-11(9)13(17)7-3-1-2-4-8(7)14(12)18;/h1-4,11-12H,5-6H2;1-6,11-12,15-16H;1H4. The van der Waals surface area contributed by atoms with Crippen LogP contribution in [-0.2, 0) is 9.59 Å². The molecule has 0 aromatic heterocycles. The molecule has 0 spiro atoms. The fraction of sp³-hybridized carbons (Fsp3) is 0.241. The van der Waals surface area contributed by atoms with E-state index < -0.39 is 23.7 Å². The highest BCUT2D eigenvalue weighted by atomic mass is 16.3. The molecule has 2 aromatic rings. The molecule has 0 radical (unpaired) electrons. The molecule has 0 heterocycles. The number of aliphatic hydroxyl groups excluding tert-OH is 2. The van der Waals surface area contributed by atoms with Gasteiger partial charge in [-0.1, -0.05) is 56.0 Å². The molecular formula is C29H24O8. The van der Waals surface area contributed by atoms with Gasteiger partial charge in [-0.3, -0.25) is 28.8 Å². The number of aliphatic hydroxyl groups is 2. The third-order valence-corrected chi connectivity index (χ3v) is 7.09. The number of allylic oxidation sites excluding steroid dienone is 4. The molecular weight excluding hydrogens is 476 g/mol. The molecule has 37 heavy (non-hydrogen) atoms. The van der Waals surface area contributed by atoms with Crippen molar-refractivity contribution >= 4 is 34.7 Å². The molecule has 4 atom stereocenters. The molecule has 0 amide bonds. The van der Waals surface area contributed by atoms with Gasteiger partial charge < -0.3 is 10.2 Å². The summed E-state index contributed by atoms with van der Waals surface area (Å²) < 4.78 is 0. The van der Waals surface area contributed by atoms with Crippen molar-refractivity contribution in [2.45, 2.75) is 20.3 Å². The van der Waals surface area contributed by atoms with Gasteiger partial charge in [-0.25, -0.2) is 0 Å². The van der Waals surface area contributed by atoms with Crippen molar-refractivity contribution in [1.29, 1.82) is 0 Å². The maximum absolute atomic E-state index is 12.3. The Morgan fingerprint density at radius 2 is 0.757 bits per heavy atom. The lowest BCUT2D eigenvalue weighted by atomic mass is 9.66. The van der Waals surface area contributed by atoms with E-state index in [-0.39, 0.29) is 77.6 Å². The first kappa shape index (κ1) is 25.6. The minimum atomic E-state index is -1.08. The van der Waals surface area contributed by atoms with E-state index in [1.54, 1.807) is 36.4 Å². The fourth-order valence-electron chi connectivity index (χ4n) is 5.31. The number of ketones is 6. The summed E-state index contributed by atoms with van der Waals surface area (Å²) in [5, 5.41) is 19.5. The predicted octanol–water partition coefficient (Wildman–Crippen LogP) is 4.06. The molecule has 0 aliphatic heterocycles. The Morgan fingerprint density at radius 1 is 0.486 bits per heavy atom. The molecule has 0 saturated heterocycles. The number of benzene rings is 2. The van der Waals surface area contributed by atoms with E-state index in [0.29, 0.717) is 11.1 Å². The van der Waals surface area contributed by atoms with Crippen LogP contribution in [-0.4, -0.2) is 44.9 Å². The van der Waals surface area contributed by atoms with Gasteiger partial charge in [-0.2, -0.15) is 0 Å². The smallest absolute Gasteiger partial charge is 0.175 e. The molecule has 2 aromatic carbocycles. The van der Waals surface area contributed by atoms with Crippen LogP contribution in [0.2, 0.25) is 0 Å². The molecule has 4 aliphatic carbocycles. The number of hydrogen-bond acceptors (Lipinski definition) is 8. The second kappa shape index (κ2) is 9.54. The van der Waals surface area contributed by atoms with E-state index in [1.165, 1.54) is 24.3 Å². The Labute approximate surface area is 212 Å². The summed E-state index contributed by atoms with van der Waals surface area (Å²) in [6.07, 6.45) is 2.66. The zero-order valence-electron chi connectivity index (χ0n) is 18.8. The number of hydrogen-bond donors (Lipinski definition) is 2. The summed E-state index contributed by atoms with van der Waals surface area (Å²) in [6.45, 7) is 0. The van der Waals surface area contributed by atoms with Crippen molar-refractivity contribution < 1.29 is 39.0 Å². The molecule has 4 aliphatic rings. The van der Waals surface area contributed by atoms with E-state index in [4.69, 9.17) is 0 Å². The fourth-order valence-corrected chi connectivity index (χ4v) is 5.31. The van der Waals surface area contributed by atoms with Crippen LogP contribution >= 0.6 is 0 Å². The molecule has 2 N–H and O–H groups in total. The van der Waals surface area contributed by atoms with Gasteiger partial charge in [0.1, 0.15) is 23.1 Å². The number of fused-ring (bicyclic) bond motifs is 4. The highest BCUT2D eigenvalue weighted by Gasteiger charge is 2.50. The summed E-state index contributed by atoms with van der Waals surface area (Å²) in [5.41, 5.74) is 1.15. The van der Waals surface area contributed by atoms with E-state index >= 15 is 0 Å². The number of carbonyl (C=O) groups is 6. The topological polar surface area (TPSA) is 143 Å². The minimum Gasteiger partial charge on any atom is -0.511 e. The Balaban J connectivity index is 0.000000168. The van der Waals surface area contributed by atoms with E-state index in [9.17, 15) is 39.0 Å². The maximum atomic E-state index is 12.3. The van der Waals surface area contributed by atoms with Crippen molar-refractivity contribution in [3.63, 3.8) is 0 Å². The van der Waals surface area contributed by atoms with Gasteiger partial charge in [0.25, 0.3) is 0 Å². The lowest BCUT2D eigenvalue weighted by Crippen LogP contribution is -2.48. The summed E-state index contributed by atoms with van der Waals surface area (Å²) in [7, 11) is 0. The summed E-state index contributed by atoms with van der Waals surface area (Å²) >= 11 is 0. The highest BCUT2D eigenvalue weighted by Crippen LogP contribution is 2.39. The normalized spacial score (nSPS) is 25.7. The quantitative estimate of drug-likeness (QED) is 0.516. The molecule has 188 valence electrons. The second-order valence-corrected chi connectivity index (χ2v) is 9.07. The number of rotatable bonds is 0. The highest BCUT2D eigenvalue weighted by molar-refractivity contribution is 6.29. The Morgan fingerprint density at radius 3 is 1.05 bits per heavy atom. The predicted molar refractivity (Wildman–Crippen MR) is 132 cm³/mol. The minimum absolute atomic E-state index is 0. The largest absolute Gasteiger partial charge is 0.511 e. The molecule has 1 saturated carbocycles. The van der Waals surface area contributed by atoms with E-state index in [0.717, 1.165) is 0 Å². The number of Topliss-reactive ketones (excluding diaryl/α,β-unsaturated/α-hetero) is 6. The lowest BCUT2D eigenvalue weighted by Gasteiger charge is -2.31. The SMILES string of the molecule is C.O=C1CCC(=O)C2C(=O)c3ccccc3C(=O)C12.O=C1c2ccccc2C(=O)C2C(O)=CC=C(O)C12. The van der Waals surface area contributed by atoms with Crippen molar-refractivity contribution in [2.75, 3.05) is 0 Å². The Bertz CT molecular complexity index is 1260. The molecule has 4 unspecified atom stereocenters. The van der Waals surface area contributed by atoms with Crippen LogP contribution in [0.15, 0.2) is 72.2 Å². The monoisotopic (exact) mass is 500 g/mol. The molecule has 8 heteroatoms. The first-order valence-electron chi connectivity index (χ1n) is 11.4. The van der Waals surface area contributed by atoms with E-state index in [2.05, 4.69) is 0 Å². The average Bonchev–Trinajstić information content (AvgIpc) is 2.89. The van der Waals surface area contributed by atoms with Crippen molar-refractivity contribution in [3.05, 3.63) is 94.5 Å². The van der Waals surface area contributed by atoms with Gasteiger partial charge in [-0.15, -0.1) is 0 Å². The molecule has 6 rings (SSSR count). The number of carbonyl (C=O) groups excluding carboxylic acids is 6. The van der Waals surface area contributed by atoms with Crippen molar-refractivity contribution in [3.8, 4) is 0 Å². The first-order chi connectivity index (χ1) is 17.2. The van der Waals surface area contributed by atoms with Crippen LogP contribution in [0.1, 0.15) is 61.7 Å². The Kier molecular flexibility index (Phi) is 6.61. The van der Waals surface area contributed by atoms with Crippen LogP contribution in [0.4, 0.5) is 0 Å². The van der Waals surface area contributed by atoms with Gasteiger partial charge >= 0.3 is 0 Å². The van der Waals surface area contributed by atoms with Gasteiger partial charge in [0.05, 0.1) is 23.7 Å². The van der Waals surface area contributed by atoms with Crippen LogP contribution in [0.5, 0.6) is 0 Å². The van der Waals surface area contributed by atoms with Crippen LogP contribution in [0.25, 0.3) is 0 Å². The van der Waals surface area contributed by atoms with Crippen LogP contribution in [0, 0.1) is 23.7 Å². The zero-order valence-corrected chi connectivity index (χ0v) is 18.8. The summed E-state index contributed by atoms with van der Waals surface area (Å²) in [5.74, 6) is -6.47.